The van der Waals surface area contributed by atoms with Gasteiger partial charge in [0.15, 0.2) is 11.5 Å². The predicted molar refractivity (Wildman–Crippen MR) is 110 cm³/mol. The summed E-state index contributed by atoms with van der Waals surface area (Å²) >= 11 is 0. The molecule has 0 aliphatic heterocycles. The summed E-state index contributed by atoms with van der Waals surface area (Å²) in [5, 5.41) is 3.16. The van der Waals surface area contributed by atoms with Crippen molar-refractivity contribution >= 4 is 12.0 Å². The monoisotopic (exact) mass is 381 g/mol. The number of benzene rings is 2. The smallest absolute Gasteiger partial charge is 0.244 e. The molecule has 1 N–H and O–H groups in total. The molecule has 1 aliphatic carbocycles. The second-order valence-electron chi connectivity index (χ2n) is 7.07. The van der Waals surface area contributed by atoms with Crippen LogP contribution < -0.4 is 19.5 Å². The molecule has 28 heavy (non-hydrogen) atoms. The normalized spacial score (nSPS) is 19.1. The molecule has 0 saturated heterocycles. The number of carbonyl (C=O) groups is 1. The molecular formula is C23H27NO4. The fourth-order valence-corrected chi connectivity index (χ4v) is 3.48. The van der Waals surface area contributed by atoms with Crippen LogP contribution in [0.3, 0.4) is 0 Å². The molecule has 1 amide bonds. The molecule has 5 heteroatoms. The van der Waals surface area contributed by atoms with Crippen molar-refractivity contribution in [3.63, 3.8) is 0 Å². The van der Waals surface area contributed by atoms with Gasteiger partial charge in [0.2, 0.25) is 11.7 Å². The second kappa shape index (κ2) is 8.83. The van der Waals surface area contributed by atoms with Crippen LogP contribution in [0.1, 0.15) is 30.5 Å². The summed E-state index contributed by atoms with van der Waals surface area (Å²) in [4.78, 5) is 12.6. The Bertz CT molecular complexity index is 822. The lowest BCUT2D eigenvalue weighted by Crippen LogP contribution is -2.28. The molecule has 3 rings (SSSR count). The first kappa shape index (κ1) is 19.8. The molecule has 0 radical (unpaired) electrons. The van der Waals surface area contributed by atoms with Crippen molar-refractivity contribution in [2.24, 2.45) is 11.8 Å². The van der Waals surface area contributed by atoms with Crippen molar-refractivity contribution in [3.8, 4) is 17.2 Å². The van der Waals surface area contributed by atoms with E-state index in [1.165, 1.54) is 0 Å². The summed E-state index contributed by atoms with van der Waals surface area (Å²) in [6.07, 6.45) is 4.43. The maximum Gasteiger partial charge on any atom is 0.244 e. The highest BCUT2D eigenvalue weighted by Crippen LogP contribution is 2.47. The van der Waals surface area contributed by atoms with Gasteiger partial charge in [0.05, 0.1) is 27.4 Å². The molecule has 0 spiro atoms. The van der Waals surface area contributed by atoms with Crippen molar-refractivity contribution in [2.45, 2.75) is 19.4 Å². The first-order chi connectivity index (χ1) is 13.6. The second-order valence-corrected chi connectivity index (χ2v) is 7.07. The maximum absolute atomic E-state index is 12.6. The van der Waals surface area contributed by atoms with Crippen LogP contribution in [0.25, 0.3) is 6.08 Å². The van der Waals surface area contributed by atoms with Crippen LogP contribution in [0.5, 0.6) is 17.2 Å². The molecule has 0 heterocycles. The molecule has 148 valence electrons. The van der Waals surface area contributed by atoms with E-state index < -0.39 is 0 Å². The molecule has 5 nitrogen and oxygen atoms in total. The van der Waals surface area contributed by atoms with Gasteiger partial charge in [0.25, 0.3) is 0 Å². The lowest BCUT2D eigenvalue weighted by Gasteiger charge is -2.18. The largest absolute Gasteiger partial charge is 0.493 e. The van der Waals surface area contributed by atoms with Crippen molar-refractivity contribution in [3.05, 3.63) is 59.7 Å². The quantitative estimate of drug-likeness (QED) is 0.695. The highest BCUT2D eigenvalue weighted by molar-refractivity contribution is 5.92. The molecule has 2 aromatic carbocycles. The van der Waals surface area contributed by atoms with E-state index in [9.17, 15) is 4.79 Å². The summed E-state index contributed by atoms with van der Waals surface area (Å²) in [6, 6.07) is 13.8. The number of rotatable bonds is 8. The Balaban J connectivity index is 1.76. The third-order valence-corrected chi connectivity index (χ3v) is 5.17. The fraction of sp³-hybridized carbons (Fsp3) is 0.348. The number of methoxy groups -OCH3 is 3. The number of ether oxygens (including phenoxy) is 3. The predicted octanol–water partition coefficient (Wildman–Crippen LogP) is 4.24. The highest BCUT2D eigenvalue weighted by atomic mass is 16.5. The van der Waals surface area contributed by atoms with Gasteiger partial charge in [-0.3, -0.25) is 4.79 Å². The van der Waals surface area contributed by atoms with E-state index in [-0.39, 0.29) is 11.9 Å². The minimum absolute atomic E-state index is 0.0355. The molecule has 1 fully saturated rings. The zero-order valence-electron chi connectivity index (χ0n) is 16.8. The Labute approximate surface area is 166 Å². The van der Waals surface area contributed by atoms with Crippen LogP contribution in [0.2, 0.25) is 0 Å². The lowest BCUT2D eigenvalue weighted by molar-refractivity contribution is -0.117. The summed E-state index contributed by atoms with van der Waals surface area (Å²) in [6.45, 7) is 2.22. The molecule has 1 aliphatic rings. The first-order valence-electron chi connectivity index (χ1n) is 9.41. The van der Waals surface area contributed by atoms with E-state index >= 15 is 0 Å². The molecule has 1 saturated carbocycles. The average molecular weight is 381 g/mol. The third kappa shape index (κ3) is 4.47. The van der Waals surface area contributed by atoms with Gasteiger partial charge in [-0.05, 0) is 47.6 Å². The van der Waals surface area contributed by atoms with E-state index in [0.717, 1.165) is 17.5 Å². The van der Waals surface area contributed by atoms with Crippen LogP contribution in [0.15, 0.2) is 48.5 Å². The van der Waals surface area contributed by atoms with Crippen molar-refractivity contribution in [1.29, 1.82) is 0 Å². The minimum Gasteiger partial charge on any atom is -0.493 e. The van der Waals surface area contributed by atoms with Crippen LogP contribution in [-0.2, 0) is 4.79 Å². The van der Waals surface area contributed by atoms with Crippen LogP contribution >= 0.6 is 0 Å². The minimum atomic E-state index is -0.123. The van der Waals surface area contributed by atoms with Crippen LogP contribution in [-0.4, -0.2) is 27.2 Å². The maximum atomic E-state index is 12.6. The van der Waals surface area contributed by atoms with E-state index in [4.69, 9.17) is 14.2 Å². The molecule has 0 aromatic heterocycles. The molecule has 3 unspecified atom stereocenters. The summed E-state index contributed by atoms with van der Waals surface area (Å²) < 4.78 is 16.1. The number of hydrogen-bond donors (Lipinski definition) is 1. The third-order valence-electron chi connectivity index (χ3n) is 5.17. The van der Waals surface area contributed by atoms with Gasteiger partial charge in [-0.1, -0.05) is 37.3 Å². The van der Waals surface area contributed by atoms with Gasteiger partial charge < -0.3 is 19.5 Å². The molecule has 2 aromatic rings. The Morgan fingerprint density at radius 1 is 1.07 bits per heavy atom. The Morgan fingerprint density at radius 3 is 2.18 bits per heavy atom. The zero-order valence-corrected chi connectivity index (χ0v) is 16.8. The summed E-state index contributed by atoms with van der Waals surface area (Å²) in [7, 11) is 4.70. The van der Waals surface area contributed by atoms with E-state index in [0.29, 0.717) is 29.1 Å². The SMILES string of the molecule is COc1cc(/C=C/C(=O)NC(c2ccccc2)C2CC2C)cc(OC)c1OC. The summed E-state index contributed by atoms with van der Waals surface area (Å²) in [5.74, 6) is 2.62. The Hall–Kier alpha value is -2.95. The average Bonchev–Trinajstić information content (AvgIpc) is 3.46. The van der Waals surface area contributed by atoms with E-state index in [1.807, 2.05) is 30.3 Å². The molecular weight excluding hydrogens is 354 g/mol. The Kier molecular flexibility index (Phi) is 6.24. The molecule has 3 atom stereocenters. The van der Waals surface area contributed by atoms with E-state index in [2.05, 4.69) is 24.4 Å². The first-order valence-corrected chi connectivity index (χ1v) is 9.41. The van der Waals surface area contributed by atoms with Gasteiger partial charge in [0.1, 0.15) is 0 Å². The van der Waals surface area contributed by atoms with E-state index in [1.54, 1.807) is 33.5 Å². The summed E-state index contributed by atoms with van der Waals surface area (Å²) in [5.41, 5.74) is 1.94. The van der Waals surface area contributed by atoms with Crippen molar-refractivity contribution in [1.82, 2.24) is 5.32 Å². The Morgan fingerprint density at radius 2 is 1.68 bits per heavy atom. The number of carbonyl (C=O) groups excluding carboxylic acids is 1. The fourth-order valence-electron chi connectivity index (χ4n) is 3.48. The molecule has 0 bridgehead atoms. The van der Waals surface area contributed by atoms with Gasteiger partial charge in [0, 0.05) is 6.08 Å². The van der Waals surface area contributed by atoms with Gasteiger partial charge in [-0.25, -0.2) is 0 Å². The number of hydrogen-bond acceptors (Lipinski definition) is 4. The van der Waals surface area contributed by atoms with Crippen LogP contribution in [0, 0.1) is 11.8 Å². The number of nitrogens with one attached hydrogen (secondary N) is 1. The number of amides is 1. The van der Waals surface area contributed by atoms with Gasteiger partial charge >= 0.3 is 0 Å². The van der Waals surface area contributed by atoms with Gasteiger partial charge in [-0.15, -0.1) is 0 Å². The van der Waals surface area contributed by atoms with Crippen molar-refractivity contribution < 1.29 is 19.0 Å². The van der Waals surface area contributed by atoms with Gasteiger partial charge in [-0.2, -0.15) is 0 Å². The highest BCUT2D eigenvalue weighted by Gasteiger charge is 2.40. The van der Waals surface area contributed by atoms with Crippen molar-refractivity contribution in [2.75, 3.05) is 21.3 Å². The standard InChI is InChI=1S/C23H27NO4/c1-15-12-18(15)22(17-8-6-5-7-9-17)24-21(25)11-10-16-13-19(26-2)23(28-4)20(14-16)27-3/h5-11,13-15,18,22H,12H2,1-4H3,(H,24,25)/b11-10+. The topological polar surface area (TPSA) is 56.8 Å². The van der Waals surface area contributed by atoms with Crippen LogP contribution in [0.4, 0.5) is 0 Å². The zero-order chi connectivity index (χ0) is 20.1. The lowest BCUT2D eigenvalue weighted by atomic mass is 10.0.